The topological polar surface area (TPSA) is 104 Å². The highest BCUT2D eigenvalue weighted by atomic mass is 35.5. The molecule has 0 atom stereocenters. The number of benzene rings is 2. The van der Waals surface area contributed by atoms with Gasteiger partial charge in [0.25, 0.3) is 10.0 Å². The number of carbonyl (C=O) groups excluding carboxylic acids is 2. The van der Waals surface area contributed by atoms with Crippen molar-refractivity contribution >= 4 is 39.1 Å². The summed E-state index contributed by atoms with van der Waals surface area (Å²) in [6.45, 7) is 1.88. The van der Waals surface area contributed by atoms with Crippen molar-refractivity contribution in [2.24, 2.45) is 0 Å². The maximum absolute atomic E-state index is 12.0. The van der Waals surface area contributed by atoms with E-state index in [2.05, 4.69) is 5.32 Å². The maximum Gasteiger partial charge on any atom is 0.324 e. The highest BCUT2D eigenvalue weighted by Crippen LogP contribution is 2.19. The van der Waals surface area contributed by atoms with Crippen molar-refractivity contribution < 1.29 is 18.0 Å². The zero-order valence-corrected chi connectivity index (χ0v) is 14.1. The molecule has 0 aliphatic rings. The molecule has 2 aromatic rings. The smallest absolute Gasteiger partial charge is 0.318 e. The van der Waals surface area contributed by atoms with Gasteiger partial charge in [0.2, 0.25) is 0 Å². The Labute approximate surface area is 144 Å². The molecule has 0 aromatic heterocycles. The molecular weight excluding hydrogens is 354 g/mol. The summed E-state index contributed by atoms with van der Waals surface area (Å²) < 4.78 is 24.1. The predicted molar refractivity (Wildman–Crippen MR) is 89.7 cm³/mol. The second-order valence-corrected chi connectivity index (χ2v) is 6.87. The molecule has 0 aliphatic heterocycles. The van der Waals surface area contributed by atoms with E-state index in [-0.39, 0.29) is 9.92 Å². The van der Waals surface area contributed by atoms with Crippen LogP contribution in [0.4, 0.5) is 5.69 Å². The van der Waals surface area contributed by atoms with Crippen LogP contribution in [0.15, 0.2) is 53.4 Å². The quantitative estimate of drug-likeness (QED) is 0.564. The highest BCUT2D eigenvalue weighted by Gasteiger charge is 2.20. The Morgan fingerprint density at radius 2 is 1.58 bits per heavy atom. The zero-order chi connectivity index (χ0) is 17.7. The van der Waals surface area contributed by atoms with Crippen LogP contribution >= 0.6 is 11.6 Å². The van der Waals surface area contributed by atoms with E-state index >= 15 is 0 Å². The van der Waals surface area contributed by atoms with Gasteiger partial charge in [0, 0.05) is 5.69 Å². The Morgan fingerprint density at radius 3 is 2.21 bits per heavy atom. The van der Waals surface area contributed by atoms with Gasteiger partial charge in [-0.25, -0.2) is 8.42 Å². The Hall–Kier alpha value is -2.42. The molecule has 24 heavy (non-hydrogen) atoms. The maximum atomic E-state index is 12.0. The van der Waals surface area contributed by atoms with E-state index in [1.807, 2.05) is 17.2 Å². The Morgan fingerprint density at radius 1 is 0.958 bits per heavy atom. The van der Waals surface area contributed by atoms with Crippen molar-refractivity contribution in [1.82, 2.24) is 10.3 Å². The number of halogens is 1. The summed E-state index contributed by atoms with van der Waals surface area (Å²) in [5, 5.41) is 2.33. The number of anilines is 1. The molecule has 0 fully saturated rings. The number of sulfonamides is 1. The molecule has 126 valence electrons. The molecule has 0 saturated carbocycles. The van der Waals surface area contributed by atoms with Crippen LogP contribution in [0.25, 0.3) is 0 Å². The van der Waals surface area contributed by atoms with Gasteiger partial charge < -0.3 is 5.32 Å². The van der Waals surface area contributed by atoms with Crippen LogP contribution in [0.5, 0.6) is 0 Å². The lowest BCUT2D eigenvalue weighted by atomic mass is 10.2. The van der Waals surface area contributed by atoms with Gasteiger partial charge in [-0.05, 0) is 31.2 Å². The molecule has 0 saturated heterocycles. The lowest BCUT2D eigenvalue weighted by molar-refractivity contribution is -0.136. The number of amides is 2. The third-order valence-corrected chi connectivity index (χ3v) is 4.69. The fraction of sp³-hybridized carbons (Fsp3) is 0.0667. The molecule has 0 bridgehead atoms. The molecule has 0 unspecified atom stereocenters. The second-order valence-electron chi connectivity index (χ2n) is 4.81. The predicted octanol–water partition coefficient (Wildman–Crippen LogP) is 1.60. The van der Waals surface area contributed by atoms with Crippen molar-refractivity contribution in [3.05, 3.63) is 59.1 Å². The molecule has 2 amide bonds. The molecule has 0 aliphatic carbocycles. The second kappa shape index (κ2) is 7.43. The van der Waals surface area contributed by atoms with E-state index in [4.69, 9.17) is 11.6 Å². The Kier molecular flexibility index (Phi) is 5.55. The van der Waals surface area contributed by atoms with Crippen molar-refractivity contribution in [3.63, 3.8) is 0 Å². The molecule has 9 heteroatoms. The average Bonchev–Trinajstić information content (AvgIpc) is 2.55. The molecule has 3 N–H and O–H groups in total. The fourth-order valence-electron chi connectivity index (χ4n) is 1.71. The molecule has 2 aromatic carbocycles. The van der Waals surface area contributed by atoms with Gasteiger partial charge in [-0.15, -0.1) is 4.83 Å². The largest absolute Gasteiger partial charge is 0.324 e. The third kappa shape index (κ3) is 4.54. The minimum atomic E-state index is -4.09. The van der Waals surface area contributed by atoms with E-state index in [0.717, 1.165) is 5.56 Å². The van der Waals surface area contributed by atoms with Gasteiger partial charge in [0.05, 0.1) is 5.02 Å². The first-order valence-electron chi connectivity index (χ1n) is 6.74. The molecule has 2 rings (SSSR count). The van der Waals surface area contributed by atoms with Crippen LogP contribution in [0, 0.1) is 6.92 Å². The van der Waals surface area contributed by atoms with Crippen LogP contribution in [-0.2, 0) is 19.6 Å². The van der Waals surface area contributed by atoms with Gasteiger partial charge in [0.15, 0.2) is 0 Å². The summed E-state index contributed by atoms with van der Waals surface area (Å²) >= 11 is 5.80. The molecule has 0 radical (unpaired) electrons. The van der Waals surface area contributed by atoms with Crippen molar-refractivity contribution in [2.45, 2.75) is 11.8 Å². The first-order valence-corrected chi connectivity index (χ1v) is 8.60. The molecular formula is C15H14ClN3O4S. The van der Waals surface area contributed by atoms with Crippen LogP contribution in [0.2, 0.25) is 5.02 Å². The first-order chi connectivity index (χ1) is 11.3. The molecule has 0 spiro atoms. The summed E-state index contributed by atoms with van der Waals surface area (Å²) in [4.78, 5) is 25.0. The number of carbonyl (C=O) groups is 2. The average molecular weight is 368 g/mol. The van der Waals surface area contributed by atoms with Gasteiger partial charge >= 0.3 is 11.8 Å². The third-order valence-electron chi connectivity index (χ3n) is 2.94. The number of hydrogen-bond acceptors (Lipinski definition) is 4. The van der Waals surface area contributed by atoms with Gasteiger partial charge in [-0.3, -0.25) is 15.0 Å². The lowest BCUT2D eigenvalue weighted by Crippen LogP contribution is -2.46. The van der Waals surface area contributed by atoms with Crippen molar-refractivity contribution in [2.75, 3.05) is 5.32 Å². The summed E-state index contributed by atoms with van der Waals surface area (Å²) in [5.74, 6) is -2.17. The van der Waals surface area contributed by atoms with Gasteiger partial charge in [-0.2, -0.15) is 0 Å². The summed E-state index contributed by atoms with van der Waals surface area (Å²) in [6, 6.07) is 12.5. The minimum Gasteiger partial charge on any atom is -0.318 e. The number of aryl methyl sites for hydroxylation is 1. The van der Waals surface area contributed by atoms with E-state index < -0.39 is 21.8 Å². The number of hydrogen-bond donors (Lipinski definition) is 3. The summed E-state index contributed by atoms with van der Waals surface area (Å²) in [6.07, 6.45) is 0. The van der Waals surface area contributed by atoms with Crippen LogP contribution in [0.3, 0.4) is 0 Å². The van der Waals surface area contributed by atoms with Gasteiger partial charge in [-0.1, -0.05) is 41.4 Å². The van der Waals surface area contributed by atoms with Crippen LogP contribution in [-0.4, -0.2) is 20.2 Å². The monoisotopic (exact) mass is 367 g/mol. The number of nitrogens with one attached hydrogen (secondary N) is 3. The first kappa shape index (κ1) is 17.9. The lowest BCUT2D eigenvalue weighted by Gasteiger charge is -2.09. The van der Waals surface area contributed by atoms with E-state index in [1.165, 1.54) is 18.2 Å². The fourth-order valence-corrected chi connectivity index (χ4v) is 3.07. The van der Waals surface area contributed by atoms with E-state index in [9.17, 15) is 18.0 Å². The van der Waals surface area contributed by atoms with Crippen LogP contribution < -0.4 is 15.6 Å². The molecule has 0 heterocycles. The normalized spacial score (nSPS) is 10.9. The summed E-state index contributed by atoms with van der Waals surface area (Å²) in [5.41, 5.74) is 3.23. The number of hydrazine groups is 1. The van der Waals surface area contributed by atoms with Crippen molar-refractivity contribution in [1.29, 1.82) is 0 Å². The number of rotatable bonds is 4. The van der Waals surface area contributed by atoms with E-state index in [1.54, 1.807) is 30.3 Å². The minimum absolute atomic E-state index is 0.0108. The SMILES string of the molecule is Cc1ccc(NC(=O)C(=O)NNS(=O)(=O)c2ccccc2Cl)cc1. The molecule has 7 nitrogen and oxygen atoms in total. The summed E-state index contributed by atoms with van der Waals surface area (Å²) in [7, 11) is -4.09. The van der Waals surface area contributed by atoms with Crippen LogP contribution in [0.1, 0.15) is 5.56 Å². The van der Waals surface area contributed by atoms with E-state index in [0.29, 0.717) is 5.69 Å². The van der Waals surface area contributed by atoms with Crippen molar-refractivity contribution in [3.8, 4) is 0 Å². The Balaban J connectivity index is 1.98. The standard InChI is InChI=1S/C15H14ClN3O4S/c1-10-6-8-11(9-7-10)17-14(20)15(21)18-19-24(22,23)13-5-3-2-4-12(13)16/h2-9,19H,1H3,(H,17,20)(H,18,21). The van der Waals surface area contributed by atoms with Gasteiger partial charge in [0.1, 0.15) is 4.90 Å². The Bertz CT molecular complexity index is 867. The zero-order valence-electron chi connectivity index (χ0n) is 12.5. The highest BCUT2D eigenvalue weighted by molar-refractivity contribution is 7.89.